The van der Waals surface area contributed by atoms with Gasteiger partial charge >= 0.3 is 11.9 Å². The number of nitro groups is 1. The summed E-state index contributed by atoms with van der Waals surface area (Å²) in [6.07, 6.45) is 1.62. The topological polar surface area (TPSA) is 99.0 Å². The number of hydrogen-bond acceptors (Lipinski definition) is 7. The molecule has 0 aliphatic carbocycles. The number of fused-ring (bicyclic) bond motifs is 4. The Kier molecular flexibility index (Phi) is 3.73. The molecular formula is C19H22N2O6. The maximum Gasteiger partial charge on any atom is 0.329 e. The first-order chi connectivity index (χ1) is 12.6. The minimum absolute atomic E-state index is 0.0473. The lowest BCUT2D eigenvalue weighted by Gasteiger charge is -2.54. The molecule has 27 heavy (non-hydrogen) atoms. The highest BCUT2D eigenvalue weighted by molar-refractivity contribution is 6.04. The molecule has 3 heterocycles. The second-order valence-electron chi connectivity index (χ2n) is 8.24. The number of ether oxygens (including phenoxy) is 2. The lowest BCUT2D eigenvalue weighted by Crippen LogP contribution is -2.67. The van der Waals surface area contributed by atoms with Crippen molar-refractivity contribution >= 4 is 23.3 Å². The largest absolute Gasteiger partial charge is 0.422 e. The van der Waals surface area contributed by atoms with Gasteiger partial charge in [-0.25, -0.2) is 0 Å². The molecule has 2 saturated heterocycles. The van der Waals surface area contributed by atoms with Gasteiger partial charge in [-0.3, -0.25) is 19.7 Å². The number of cyclic esters (lactones) is 2. The van der Waals surface area contributed by atoms with Crippen LogP contribution in [0.2, 0.25) is 0 Å². The fraction of sp³-hybridized carbons (Fsp3) is 0.579. The molecule has 1 spiro atoms. The first kappa shape index (κ1) is 17.8. The van der Waals surface area contributed by atoms with Crippen molar-refractivity contribution in [2.75, 3.05) is 11.4 Å². The van der Waals surface area contributed by atoms with E-state index in [1.807, 2.05) is 4.90 Å². The molecule has 3 aliphatic heterocycles. The van der Waals surface area contributed by atoms with Gasteiger partial charge in [-0.2, -0.15) is 0 Å². The van der Waals surface area contributed by atoms with Gasteiger partial charge in [0, 0.05) is 44.6 Å². The predicted octanol–water partition coefficient (Wildman–Crippen LogP) is 2.58. The van der Waals surface area contributed by atoms with E-state index in [1.165, 1.54) is 26.0 Å². The van der Waals surface area contributed by atoms with Crippen LogP contribution in [0.3, 0.4) is 0 Å². The van der Waals surface area contributed by atoms with Gasteiger partial charge in [-0.15, -0.1) is 0 Å². The molecule has 8 nitrogen and oxygen atoms in total. The van der Waals surface area contributed by atoms with Gasteiger partial charge in [0.1, 0.15) is 0 Å². The van der Waals surface area contributed by atoms with E-state index in [0.29, 0.717) is 24.4 Å². The summed E-state index contributed by atoms with van der Waals surface area (Å²) in [6.45, 7) is 5.82. The number of carbonyl (C=O) groups is 2. The monoisotopic (exact) mass is 374 g/mol. The summed E-state index contributed by atoms with van der Waals surface area (Å²) in [5, 5.41) is 11.2. The van der Waals surface area contributed by atoms with Crippen LogP contribution in [0.4, 0.5) is 11.4 Å². The van der Waals surface area contributed by atoms with Crippen LogP contribution in [-0.4, -0.2) is 35.2 Å². The van der Waals surface area contributed by atoms with Crippen molar-refractivity contribution in [3.05, 3.63) is 33.9 Å². The third kappa shape index (κ3) is 2.57. The molecule has 0 bridgehead atoms. The molecular weight excluding hydrogens is 352 g/mol. The number of non-ortho nitro benzene ring substituents is 1. The first-order valence-corrected chi connectivity index (χ1v) is 9.15. The zero-order chi connectivity index (χ0) is 19.6. The Labute approximate surface area is 156 Å². The lowest BCUT2D eigenvalue weighted by atomic mass is 9.66. The number of carbonyl (C=O) groups excluding carboxylic acids is 2. The van der Waals surface area contributed by atoms with Crippen molar-refractivity contribution in [2.24, 2.45) is 11.3 Å². The molecule has 3 aliphatic rings. The zero-order valence-corrected chi connectivity index (χ0v) is 15.6. The molecule has 0 radical (unpaired) electrons. The maximum atomic E-state index is 13.1. The summed E-state index contributed by atoms with van der Waals surface area (Å²) in [6, 6.07) is 4.25. The molecule has 2 atom stereocenters. The summed E-state index contributed by atoms with van der Waals surface area (Å²) in [5.41, 5.74) is -0.116. The molecule has 0 unspecified atom stereocenters. The number of piperidine rings is 1. The smallest absolute Gasteiger partial charge is 0.329 e. The molecule has 4 rings (SSSR count). The summed E-state index contributed by atoms with van der Waals surface area (Å²) in [5.74, 6) is -2.18. The summed E-state index contributed by atoms with van der Waals surface area (Å²) < 4.78 is 10.9. The number of anilines is 1. The van der Waals surface area contributed by atoms with Gasteiger partial charge in [0.25, 0.3) is 11.5 Å². The summed E-state index contributed by atoms with van der Waals surface area (Å²) in [4.78, 5) is 39.0. The average molecular weight is 374 g/mol. The number of nitro benzene ring substituents is 1. The van der Waals surface area contributed by atoms with Crippen LogP contribution in [-0.2, 0) is 25.5 Å². The van der Waals surface area contributed by atoms with E-state index in [1.54, 1.807) is 6.07 Å². The molecule has 8 heteroatoms. The summed E-state index contributed by atoms with van der Waals surface area (Å²) >= 11 is 0. The normalized spacial score (nSPS) is 28.0. The standard InChI is InChI=1S/C19H22N2O6/c1-11-6-7-20-14-5-4-13(21(24)25)9-12(14)10-19(15(20)8-11)16(22)26-18(2,3)27-17(19)23/h4-5,9,11,15H,6-8,10H2,1-3H3/t11-,15-/m1/s1. The molecule has 1 aromatic carbocycles. The van der Waals surface area contributed by atoms with Crippen LogP contribution in [0, 0.1) is 21.4 Å². The van der Waals surface area contributed by atoms with Crippen molar-refractivity contribution in [3.8, 4) is 0 Å². The van der Waals surface area contributed by atoms with Gasteiger partial charge in [-0.05, 0) is 30.4 Å². The number of hydrogen-bond donors (Lipinski definition) is 0. The van der Waals surface area contributed by atoms with Crippen LogP contribution >= 0.6 is 0 Å². The minimum atomic E-state index is -1.49. The SMILES string of the molecule is C[C@@H]1CCN2c3ccc([N+](=O)[O-])cc3CC3(C(=O)OC(C)(C)OC3=O)[C@H]2C1. The Morgan fingerprint density at radius 2 is 1.89 bits per heavy atom. The highest BCUT2D eigenvalue weighted by atomic mass is 16.7. The van der Waals surface area contributed by atoms with Gasteiger partial charge in [0.15, 0.2) is 5.41 Å². The zero-order valence-electron chi connectivity index (χ0n) is 15.6. The van der Waals surface area contributed by atoms with Crippen molar-refractivity contribution < 1.29 is 24.0 Å². The van der Waals surface area contributed by atoms with Crippen LogP contribution in [0.5, 0.6) is 0 Å². The molecule has 0 aromatic heterocycles. The van der Waals surface area contributed by atoms with Crippen LogP contribution in [0.25, 0.3) is 0 Å². The van der Waals surface area contributed by atoms with Crippen LogP contribution in [0.1, 0.15) is 39.2 Å². The number of esters is 2. The van der Waals surface area contributed by atoms with Gasteiger partial charge in [0.2, 0.25) is 0 Å². The Balaban J connectivity index is 1.87. The molecule has 0 N–H and O–H groups in total. The molecule has 0 amide bonds. The molecule has 144 valence electrons. The Morgan fingerprint density at radius 1 is 1.22 bits per heavy atom. The molecule has 1 aromatic rings. The maximum absolute atomic E-state index is 13.1. The van der Waals surface area contributed by atoms with Crippen molar-refractivity contribution in [1.82, 2.24) is 0 Å². The van der Waals surface area contributed by atoms with E-state index < -0.39 is 28.1 Å². The second kappa shape index (κ2) is 5.68. The fourth-order valence-electron chi connectivity index (χ4n) is 4.57. The number of benzene rings is 1. The third-order valence-electron chi connectivity index (χ3n) is 5.89. The van der Waals surface area contributed by atoms with E-state index in [-0.39, 0.29) is 18.2 Å². The summed E-state index contributed by atoms with van der Waals surface area (Å²) in [7, 11) is 0. The minimum Gasteiger partial charge on any atom is -0.422 e. The van der Waals surface area contributed by atoms with E-state index >= 15 is 0 Å². The molecule has 2 fully saturated rings. The average Bonchev–Trinajstić information content (AvgIpc) is 2.58. The van der Waals surface area contributed by atoms with Crippen molar-refractivity contribution in [3.63, 3.8) is 0 Å². The predicted molar refractivity (Wildman–Crippen MR) is 95.0 cm³/mol. The van der Waals surface area contributed by atoms with E-state index in [9.17, 15) is 19.7 Å². The third-order valence-corrected chi connectivity index (χ3v) is 5.89. The number of rotatable bonds is 1. The quantitative estimate of drug-likeness (QED) is 0.322. The van der Waals surface area contributed by atoms with Crippen LogP contribution < -0.4 is 4.90 Å². The highest BCUT2D eigenvalue weighted by Crippen LogP contribution is 2.50. The van der Waals surface area contributed by atoms with Gasteiger partial charge in [0.05, 0.1) is 11.0 Å². The Bertz CT molecular complexity index is 829. The fourth-order valence-corrected chi connectivity index (χ4v) is 4.57. The van der Waals surface area contributed by atoms with Crippen molar-refractivity contribution in [2.45, 2.75) is 51.9 Å². The highest BCUT2D eigenvalue weighted by Gasteiger charge is 2.64. The lowest BCUT2D eigenvalue weighted by molar-refractivity contribution is -0.384. The first-order valence-electron chi connectivity index (χ1n) is 9.15. The Morgan fingerprint density at radius 3 is 2.52 bits per heavy atom. The van der Waals surface area contributed by atoms with Crippen molar-refractivity contribution in [1.29, 1.82) is 0 Å². The molecule has 0 saturated carbocycles. The Hall–Kier alpha value is -2.64. The van der Waals surface area contributed by atoms with E-state index in [4.69, 9.17) is 9.47 Å². The van der Waals surface area contributed by atoms with Crippen LogP contribution in [0.15, 0.2) is 18.2 Å². The van der Waals surface area contributed by atoms with Gasteiger partial charge < -0.3 is 14.4 Å². The van der Waals surface area contributed by atoms with E-state index in [2.05, 4.69) is 6.92 Å². The number of nitrogens with zero attached hydrogens (tertiary/aromatic N) is 2. The van der Waals surface area contributed by atoms with E-state index in [0.717, 1.165) is 12.1 Å². The van der Waals surface area contributed by atoms with Gasteiger partial charge in [-0.1, -0.05) is 6.92 Å². The second-order valence-corrected chi connectivity index (χ2v) is 8.24.